The Morgan fingerprint density at radius 3 is 1.19 bits per heavy atom. The molecule has 109 heavy (non-hydrogen) atoms. The fourth-order valence-corrected chi connectivity index (χ4v) is 10.9. The van der Waals surface area contributed by atoms with Crippen molar-refractivity contribution < 1.29 is 19.2 Å². The van der Waals surface area contributed by atoms with Crippen LogP contribution < -0.4 is 62.6 Å². The summed E-state index contributed by atoms with van der Waals surface area (Å²) in [6, 6.07) is 32.2. The van der Waals surface area contributed by atoms with Crippen LogP contribution in [-0.4, -0.2) is 134 Å². The Morgan fingerprint density at radius 2 is 0.807 bits per heavy atom. The molecule has 0 radical (unpaired) electrons. The van der Waals surface area contributed by atoms with Gasteiger partial charge >= 0.3 is 0 Å². The van der Waals surface area contributed by atoms with Crippen molar-refractivity contribution in [2.45, 2.75) is 124 Å². The Bertz CT molecular complexity index is 4660. The fourth-order valence-electron chi connectivity index (χ4n) is 10.9. The van der Waals surface area contributed by atoms with E-state index < -0.39 is 0 Å². The molecule has 0 fully saturated rings. The quantitative estimate of drug-likeness (QED) is 0.0323. The van der Waals surface area contributed by atoms with E-state index >= 15 is 0 Å². The number of rotatable bonds is 21. The zero-order chi connectivity index (χ0) is 81.5. The van der Waals surface area contributed by atoms with Crippen LogP contribution in [0.15, 0.2) is 97.6 Å². The van der Waals surface area contributed by atoms with Crippen LogP contribution in [0, 0.1) is 94.7 Å². The van der Waals surface area contributed by atoms with Crippen LogP contribution >= 0.6 is 0 Å². The molecule has 8 aromatic rings. The predicted molar refractivity (Wildman–Crippen MR) is 436 cm³/mol. The minimum Gasteiger partial charge on any atom is -0.373 e. The number of carbonyl (C=O) groups is 4. The van der Waals surface area contributed by atoms with Crippen LogP contribution in [0.3, 0.4) is 0 Å². The third-order valence-corrected chi connectivity index (χ3v) is 16.2. The van der Waals surface area contributed by atoms with Crippen molar-refractivity contribution in [2.24, 2.45) is 21.7 Å². The first-order valence-electron chi connectivity index (χ1n) is 35.6. The molecule has 4 aromatic carbocycles. The van der Waals surface area contributed by atoms with Crippen molar-refractivity contribution >= 4 is 92.9 Å². The van der Waals surface area contributed by atoms with E-state index in [0.29, 0.717) is 110 Å². The summed E-state index contributed by atoms with van der Waals surface area (Å²) in [7, 11) is 12.2. The second-order valence-electron chi connectivity index (χ2n) is 31.0. The van der Waals surface area contributed by atoms with Crippen LogP contribution in [0.25, 0.3) is 0 Å². The molecule has 574 valence electrons. The average Bonchev–Trinajstić information content (AvgIpc) is 0.806. The van der Waals surface area contributed by atoms with Gasteiger partial charge in [0.05, 0.1) is 11.9 Å². The lowest BCUT2D eigenvalue weighted by Crippen LogP contribution is -2.31. The number of hydrogen-bond donors (Lipinski definition) is 9. The van der Waals surface area contributed by atoms with Crippen molar-refractivity contribution in [2.75, 3.05) is 117 Å². The Kier molecular flexibility index (Phi) is 30.9. The van der Waals surface area contributed by atoms with Crippen LogP contribution in [0.4, 0.5) is 69.3 Å². The van der Waals surface area contributed by atoms with Crippen LogP contribution in [0.1, 0.15) is 182 Å². The molecule has 27 nitrogen and oxygen atoms in total. The van der Waals surface area contributed by atoms with Gasteiger partial charge in [0.25, 0.3) is 23.6 Å². The maximum atomic E-state index is 12.0. The van der Waals surface area contributed by atoms with Gasteiger partial charge in [0, 0.05) is 133 Å². The van der Waals surface area contributed by atoms with Crippen molar-refractivity contribution in [3.63, 3.8) is 0 Å². The lowest BCUT2D eigenvalue weighted by atomic mass is 9.96. The molecule has 8 rings (SSSR count). The third kappa shape index (κ3) is 25.9. The normalized spacial score (nSPS) is 10.9. The molecule has 0 bridgehead atoms. The standard InChI is InChI=1S/C22H30N6O.C21H27N5O.C20H26N6O.C19H24N6O/c1-8-18-26-19(16(12-23)20(27-18)28(7)13-22(3,4)5)25-17-11-15(21(29)24-6)10-9-14(17)2;1-14-7-8-15(20(27)23-5)11-17(14)25-19-16(12-22)18(9-10-24-19)26(6)13-21(2,3)4;1-13-7-8-14(18(27)22-5)9-16(13)24-17-15(10-21)11-23-19(25-17)26(6)12-20(2,3)4;1-12-6-7-13(18(26)21-5)8-15(12)25-17-14(9-20)16(23-11-24-17)22-10-19(2,3)4/h9-11H,8,13H2,1-7H3,(H,24,29)(H,25,26,27);7-11H,13H2,1-6H3,(H,23,27)(H,24,25);7-9,11H,12H2,1-6H3,(H,22,27)(H,23,24,25);6-8,11H,10H2,1-5H3,(H,21,26)(H2,22,23,24,25). The molecule has 27 heteroatoms. The molecular weight excluding hydrogens is 1370 g/mol. The molecule has 0 saturated carbocycles. The lowest BCUT2D eigenvalue weighted by Gasteiger charge is -2.29. The van der Waals surface area contributed by atoms with Gasteiger partial charge in [0.2, 0.25) is 5.95 Å². The van der Waals surface area contributed by atoms with Crippen LogP contribution in [-0.2, 0) is 6.42 Å². The highest BCUT2D eigenvalue weighted by atomic mass is 16.2. The zero-order valence-electron chi connectivity index (χ0n) is 67.7. The molecule has 4 aromatic heterocycles. The number of hydrogen-bond acceptors (Lipinski definition) is 23. The lowest BCUT2D eigenvalue weighted by molar-refractivity contribution is 0.0955. The number of benzene rings is 4. The predicted octanol–water partition coefficient (Wildman–Crippen LogP) is 14.1. The summed E-state index contributed by atoms with van der Waals surface area (Å²) in [5.41, 5.74) is 11.5. The molecule has 0 aliphatic heterocycles. The number of pyridine rings is 1. The first-order valence-corrected chi connectivity index (χ1v) is 35.6. The summed E-state index contributed by atoms with van der Waals surface area (Å²) in [6.45, 7) is 38.3. The van der Waals surface area contributed by atoms with E-state index in [1.165, 1.54) is 12.5 Å². The molecule has 4 heterocycles. The summed E-state index contributed by atoms with van der Waals surface area (Å²) in [6.07, 6.45) is 5.26. The Balaban J connectivity index is 0.000000261. The second kappa shape index (κ2) is 38.7. The highest BCUT2D eigenvalue weighted by Crippen LogP contribution is 2.34. The van der Waals surface area contributed by atoms with Crippen molar-refractivity contribution in [3.8, 4) is 24.3 Å². The van der Waals surface area contributed by atoms with E-state index in [-0.39, 0.29) is 45.3 Å². The highest BCUT2D eigenvalue weighted by Gasteiger charge is 2.25. The number of nitriles is 4. The van der Waals surface area contributed by atoms with Crippen molar-refractivity contribution in [1.82, 2.24) is 56.2 Å². The van der Waals surface area contributed by atoms with E-state index in [1.54, 1.807) is 82.9 Å². The van der Waals surface area contributed by atoms with E-state index in [2.05, 4.69) is 195 Å². The number of aryl methyl sites for hydroxylation is 5. The van der Waals surface area contributed by atoms with Gasteiger partial charge in [-0.3, -0.25) is 19.2 Å². The molecule has 0 unspecified atom stereocenters. The molecule has 0 spiro atoms. The number of nitrogens with zero attached hydrogens (tertiary/aromatic N) is 14. The number of nitrogens with one attached hydrogen (secondary N) is 9. The smallest absolute Gasteiger partial charge is 0.251 e. The van der Waals surface area contributed by atoms with Gasteiger partial charge in [-0.2, -0.15) is 26.0 Å². The Hall–Kier alpha value is -12.5. The number of anilines is 12. The maximum Gasteiger partial charge on any atom is 0.251 e. The summed E-state index contributed by atoms with van der Waals surface area (Å²) < 4.78 is 0. The minimum atomic E-state index is -0.177. The molecule has 4 amide bonds. The van der Waals surface area contributed by atoms with Gasteiger partial charge in [-0.1, -0.05) is 114 Å². The number of amides is 4. The largest absolute Gasteiger partial charge is 0.373 e. The summed E-state index contributed by atoms with van der Waals surface area (Å²) in [5.74, 6) is 3.35. The van der Waals surface area contributed by atoms with Gasteiger partial charge in [-0.25, -0.2) is 29.9 Å². The van der Waals surface area contributed by atoms with Crippen molar-refractivity contribution in [3.05, 3.63) is 170 Å². The van der Waals surface area contributed by atoms with Gasteiger partial charge in [-0.05, 0) is 126 Å². The molecule has 9 N–H and O–H groups in total. The maximum absolute atomic E-state index is 12.0. The number of carbonyl (C=O) groups excluding carboxylic acids is 4. The first-order chi connectivity index (χ1) is 51.1. The SMILES string of the molecule is CCc1nc(Nc2cc(C(=O)NC)ccc2C)c(C#N)c(N(C)CC(C)(C)C)n1.CNC(=O)c1ccc(C)c(Nc2nc(N(C)CC(C)(C)C)ncc2C#N)c1.CNC(=O)c1ccc(C)c(Nc2nccc(N(C)CC(C)(C)C)c2C#N)c1.CNC(=O)c1ccc(C)c(Nc2ncnc(NCC(C)(C)C)c2C#N)c1. The minimum absolute atomic E-state index is 0.0453. The average molecular weight is 1480 g/mol. The fraction of sp³-hybridized carbons (Fsp3) is 0.402. The first kappa shape index (κ1) is 87.1. The van der Waals surface area contributed by atoms with Gasteiger partial charge in [-0.15, -0.1) is 0 Å². The molecule has 0 atom stereocenters. The van der Waals surface area contributed by atoms with Crippen LogP contribution in [0.5, 0.6) is 0 Å². The van der Waals surface area contributed by atoms with Crippen molar-refractivity contribution in [1.29, 1.82) is 21.0 Å². The monoisotopic (exact) mass is 1480 g/mol. The number of aromatic nitrogens is 7. The summed E-state index contributed by atoms with van der Waals surface area (Å²) in [5, 5.41) is 65.1. The van der Waals surface area contributed by atoms with E-state index in [1.807, 2.05) is 95.9 Å². The Morgan fingerprint density at radius 1 is 0.422 bits per heavy atom. The third-order valence-electron chi connectivity index (χ3n) is 16.2. The summed E-state index contributed by atoms with van der Waals surface area (Å²) >= 11 is 0. The van der Waals surface area contributed by atoms with Gasteiger partial charge in [0.15, 0.2) is 23.3 Å². The molecule has 0 saturated heterocycles. The highest BCUT2D eigenvalue weighted by molar-refractivity contribution is 5.97. The second-order valence-corrected chi connectivity index (χ2v) is 31.0. The van der Waals surface area contributed by atoms with E-state index in [9.17, 15) is 40.2 Å². The summed E-state index contributed by atoms with van der Waals surface area (Å²) in [4.78, 5) is 84.5. The topological polar surface area (TPSA) is 372 Å². The zero-order valence-corrected chi connectivity index (χ0v) is 67.7. The van der Waals surface area contributed by atoms with E-state index in [4.69, 9.17) is 0 Å². The van der Waals surface area contributed by atoms with E-state index in [0.717, 1.165) is 64.6 Å². The molecule has 0 aliphatic carbocycles. The van der Waals surface area contributed by atoms with Crippen LogP contribution in [0.2, 0.25) is 0 Å². The molecule has 0 aliphatic rings. The molecular formula is C82H107N23O4. The van der Waals surface area contributed by atoms with Gasteiger partial charge < -0.3 is 62.6 Å². The Labute approximate surface area is 643 Å². The van der Waals surface area contributed by atoms with Gasteiger partial charge in [0.1, 0.15) is 70.3 Å².